The standard InChI is InChI=1S/C10H16N6/c1-3-11-6-10-4-5-12-16(10)8-9-7-15(2)14-13-9/h4-5,7,11H,3,6,8H2,1-2H3. The maximum absolute atomic E-state index is 4.27. The van der Waals surface area contributed by atoms with E-state index in [1.165, 1.54) is 0 Å². The Morgan fingerprint density at radius 1 is 1.44 bits per heavy atom. The Morgan fingerprint density at radius 3 is 3.00 bits per heavy atom. The molecule has 0 unspecified atom stereocenters. The smallest absolute Gasteiger partial charge is 0.104 e. The highest BCUT2D eigenvalue weighted by Crippen LogP contribution is 2.02. The molecule has 0 saturated carbocycles. The second kappa shape index (κ2) is 4.89. The van der Waals surface area contributed by atoms with Crippen LogP contribution in [-0.4, -0.2) is 31.3 Å². The number of aryl methyl sites for hydroxylation is 1. The maximum atomic E-state index is 4.27. The van der Waals surface area contributed by atoms with Crippen molar-refractivity contribution in [3.63, 3.8) is 0 Å². The van der Waals surface area contributed by atoms with E-state index < -0.39 is 0 Å². The van der Waals surface area contributed by atoms with Crippen LogP contribution in [0.5, 0.6) is 0 Å². The zero-order valence-electron chi connectivity index (χ0n) is 9.59. The minimum atomic E-state index is 0.668. The van der Waals surface area contributed by atoms with Crippen LogP contribution < -0.4 is 5.32 Å². The van der Waals surface area contributed by atoms with Gasteiger partial charge in [0.1, 0.15) is 5.69 Å². The van der Waals surface area contributed by atoms with Gasteiger partial charge in [-0.3, -0.25) is 9.36 Å². The number of nitrogens with one attached hydrogen (secondary N) is 1. The Kier molecular flexibility index (Phi) is 3.31. The lowest BCUT2D eigenvalue weighted by Gasteiger charge is -2.05. The summed E-state index contributed by atoms with van der Waals surface area (Å²) in [6.45, 7) is 4.54. The highest BCUT2D eigenvalue weighted by Gasteiger charge is 2.04. The van der Waals surface area contributed by atoms with E-state index in [1.54, 1.807) is 4.68 Å². The highest BCUT2D eigenvalue weighted by molar-refractivity contribution is 5.03. The Hall–Kier alpha value is -1.69. The predicted octanol–water partition coefficient (Wildman–Crippen LogP) is 0.169. The SMILES string of the molecule is CCNCc1ccnn1Cc1cn(C)nn1. The summed E-state index contributed by atoms with van der Waals surface area (Å²) in [6, 6.07) is 2.01. The zero-order chi connectivity index (χ0) is 11.4. The lowest BCUT2D eigenvalue weighted by atomic mass is 10.4. The van der Waals surface area contributed by atoms with Gasteiger partial charge in [0.2, 0.25) is 0 Å². The van der Waals surface area contributed by atoms with E-state index in [0.717, 1.165) is 24.5 Å². The second-order valence-corrected chi connectivity index (χ2v) is 3.64. The average Bonchev–Trinajstić information content (AvgIpc) is 2.86. The lowest BCUT2D eigenvalue weighted by molar-refractivity contribution is 0.598. The van der Waals surface area contributed by atoms with Gasteiger partial charge in [-0.25, -0.2) is 0 Å². The molecule has 0 saturated heterocycles. The van der Waals surface area contributed by atoms with Gasteiger partial charge >= 0.3 is 0 Å². The molecule has 2 aromatic rings. The van der Waals surface area contributed by atoms with Crippen LogP contribution in [0.15, 0.2) is 18.5 Å². The van der Waals surface area contributed by atoms with E-state index in [4.69, 9.17) is 0 Å². The summed E-state index contributed by atoms with van der Waals surface area (Å²) in [5.41, 5.74) is 2.08. The van der Waals surface area contributed by atoms with Crippen LogP contribution in [0.25, 0.3) is 0 Å². The molecule has 6 heteroatoms. The van der Waals surface area contributed by atoms with Crippen LogP contribution in [0.1, 0.15) is 18.3 Å². The molecule has 2 aromatic heterocycles. The highest BCUT2D eigenvalue weighted by atomic mass is 15.4. The number of hydrogen-bond donors (Lipinski definition) is 1. The normalized spacial score (nSPS) is 10.9. The van der Waals surface area contributed by atoms with Gasteiger partial charge in [-0.05, 0) is 12.6 Å². The molecule has 0 spiro atoms. The summed E-state index contributed by atoms with van der Waals surface area (Å²) in [5, 5.41) is 15.5. The minimum Gasteiger partial charge on any atom is -0.311 e. The van der Waals surface area contributed by atoms with Crippen molar-refractivity contribution in [2.75, 3.05) is 6.54 Å². The van der Waals surface area contributed by atoms with Crippen molar-refractivity contribution in [1.82, 2.24) is 30.1 Å². The molecule has 0 radical (unpaired) electrons. The minimum absolute atomic E-state index is 0.668. The molecule has 0 aliphatic rings. The first-order chi connectivity index (χ1) is 7.79. The molecule has 0 aliphatic heterocycles. The summed E-state index contributed by atoms with van der Waals surface area (Å²) in [6.07, 6.45) is 3.71. The fourth-order valence-electron chi connectivity index (χ4n) is 1.53. The third kappa shape index (κ3) is 2.46. The van der Waals surface area contributed by atoms with Crippen LogP contribution in [0.4, 0.5) is 0 Å². The van der Waals surface area contributed by atoms with Crippen molar-refractivity contribution in [3.8, 4) is 0 Å². The van der Waals surface area contributed by atoms with Crippen molar-refractivity contribution >= 4 is 0 Å². The average molecular weight is 220 g/mol. The number of aromatic nitrogens is 5. The van der Waals surface area contributed by atoms with Gasteiger partial charge in [-0.1, -0.05) is 12.1 Å². The lowest BCUT2D eigenvalue weighted by Crippen LogP contribution is -2.16. The molecule has 86 valence electrons. The summed E-state index contributed by atoms with van der Waals surface area (Å²) < 4.78 is 3.63. The largest absolute Gasteiger partial charge is 0.311 e. The van der Waals surface area contributed by atoms with E-state index in [0.29, 0.717) is 6.54 Å². The van der Waals surface area contributed by atoms with E-state index in [2.05, 4.69) is 27.7 Å². The molecule has 2 heterocycles. The molecule has 16 heavy (non-hydrogen) atoms. The number of hydrogen-bond acceptors (Lipinski definition) is 4. The summed E-state index contributed by atoms with van der Waals surface area (Å²) >= 11 is 0. The Bertz CT molecular complexity index is 444. The number of nitrogens with zero attached hydrogens (tertiary/aromatic N) is 5. The van der Waals surface area contributed by atoms with Gasteiger partial charge in [-0.15, -0.1) is 5.10 Å². The molecule has 0 amide bonds. The molecule has 0 atom stereocenters. The quantitative estimate of drug-likeness (QED) is 0.780. The van der Waals surface area contributed by atoms with E-state index in [9.17, 15) is 0 Å². The van der Waals surface area contributed by atoms with Gasteiger partial charge in [0, 0.05) is 26.0 Å². The molecule has 0 bridgehead atoms. The first kappa shape index (κ1) is 10.8. The summed E-state index contributed by atoms with van der Waals surface area (Å²) in [7, 11) is 1.86. The Labute approximate surface area is 94.3 Å². The first-order valence-corrected chi connectivity index (χ1v) is 5.36. The number of rotatable bonds is 5. The Balaban J connectivity index is 2.06. The first-order valence-electron chi connectivity index (χ1n) is 5.36. The van der Waals surface area contributed by atoms with Crippen molar-refractivity contribution in [2.24, 2.45) is 7.05 Å². The van der Waals surface area contributed by atoms with Crippen LogP contribution in [-0.2, 0) is 20.1 Å². The van der Waals surface area contributed by atoms with Gasteiger partial charge in [0.15, 0.2) is 0 Å². The van der Waals surface area contributed by atoms with Crippen molar-refractivity contribution in [2.45, 2.75) is 20.0 Å². The van der Waals surface area contributed by atoms with Gasteiger partial charge < -0.3 is 5.32 Å². The third-order valence-corrected chi connectivity index (χ3v) is 2.32. The van der Waals surface area contributed by atoms with Crippen molar-refractivity contribution in [3.05, 3.63) is 29.8 Å². The van der Waals surface area contributed by atoms with E-state index in [1.807, 2.05) is 30.2 Å². The summed E-state index contributed by atoms with van der Waals surface area (Å²) in [4.78, 5) is 0. The third-order valence-electron chi connectivity index (χ3n) is 2.32. The maximum Gasteiger partial charge on any atom is 0.104 e. The van der Waals surface area contributed by atoms with Gasteiger partial charge in [0.05, 0.1) is 12.2 Å². The van der Waals surface area contributed by atoms with E-state index in [-0.39, 0.29) is 0 Å². The van der Waals surface area contributed by atoms with Crippen molar-refractivity contribution in [1.29, 1.82) is 0 Å². The fourth-order valence-corrected chi connectivity index (χ4v) is 1.53. The monoisotopic (exact) mass is 220 g/mol. The van der Waals surface area contributed by atoms with Crippen molar-refractivity contribution < 1.29 is 0 Å². The fraction of sp³-hybridized carbons (Fsp3) is 0.500. The summed E-state index contributed by atoms with van der Waals surface area (Å²) in [5.74, 6) is 0. The van der Waals surface area contributed by atoms with Crippen LogP contribution in [0.2, 0.25) is 0 Å². The van der Waals surface area contributed by atoms with Crippen LogP contribution in [0, 0.1) is 0 Å². The van der Waals surface area contributed by atoms with E-state index >= 15 is 0 Å². The Morgan fingerprint density at radius 2 is 2.31 bits per heavy atom. The molecule has 1 N–H and O–H groups in total. The zero-order valence-corrected chi connectivity index (χ0v) is 9.59. The second-order valence-electron chi connectivity index (χ2n) is 3.64. The predicted molar refractivity (Wildman–Crippen MR) is 59.7 cm³/mol. The molecule has 0 fully saturated rings. The molecule has 6 nitrogen and oxygen atoms in total. The molecule has 0 aromatic carbocycles. The molecule has 2 rings (SSSR count). The molecule has 0 aliphatic carbocycles. The van der Waals surface area contributed by atoms with Crippen LogP contribution in [0.3, 0.4) is 0 Å². The topological polar surface area (TPSA) is 60.6 Å². The molecular weight excluding hydrogens is 204 g/mol. The van der Waals surface area contributed by atoms with Gasteiger partial charge in [-0.2, -0.15) is 5.10 Å². The van der Waals surface area contributed by atoms with Gasteiger partial charge in [0.25, 0.3) is 0 Å². The van der Waals surface area contributed by atoms with Crippen LogP contribution >= 0.6 is 0 Å². The molecular formula is C10H16N6.